The van der Waals surface area contributed by atoms with Crippen LogP contribution in [0.25, 0.3) is 22.2 Å². The Morgan fingerprint density at radius 3 is 2.66 bits per heavy atom. The molecule has 2 amide bonds. The van der Waals surface area contributed by atoms with Gasteiger partial charge in [0.2, 0.25) is 0 Å². The molecule has 3 N–H and O–H groups in total. The molecule has 38 heavy (non-hydrogen) atoms. The maximum Gasteiger partial charge on any atom is 0.346 e. The third-order valence-corrected chi connectivity index (χ3v) is 9.05. The lowest BCUT2D eigenvalue weighted by molar-refractivity contribution is 0.139. The number of anilines is 1. The number of carbonyl (C=O) groups is 1. The molecule has 0 saturated heterocycles. The lowest BCUT2D eigenvalue weighted by Crippen LogP contribution is -2.62. The Labute approximate surface area is 229 Å². The van der Waals surface area contributed by atoms with Crippen LogP contribution in [0.1, 0.15) is 64.4 Å². The lowest BCUT2D eigenvalue weighted by atomic mass is 9.81. The smallest absolute Gasteiger partial charge is 0.346 e. The lowest BCUT2D eigenvalue weighted by Gasteiger charge is -2.38. The SMILES string of the molecule is CSN1NC(C)(C)NC(C)[C@@H]2COc3ccccc3-c3c(C4CCCCC4)c4ccc(cc4n3C2)NC1=O. The van der Waals surface area contributed by atoms with Gasteiger partial charge in [0.25, 0.3) is 0 Å². The number of hydrazine groups is 1. The van der Waals surface area contributed by atoms with E-state index in [-0.39, 0.29) is 18.0 Å². The molecule has 0 radical (unpaired) electrons. The number of aromatic nitrogens is 1. The summed E-state index contributed by atoms with van der Waals surface area (Å²) in [6, 6.07) is 14.9. The first-order chi connectivity index (χ1) is 18.3. The van der Waals surface area contributed by atoms with Gasteiger partial charge in [0.05, 0.1) is 23.5 Å². The van der Waals surface area contributed by atoms with Crippen molar-refractivity contribution in [1.82, 2.24) is 19.7 Å². The molecule has 1 unspecified atom stereocenters. The van der Waals surface area contributed by atoms with Crippen molar-refractivity contribution in [2.24, 2.45) is 5.92 Å². The highest BCUT2D eigenvalue weighted by Gasteiger charge is 2.34. The largest absolute Gasteiger partial charge is 0.492 e. The maximum absolute atomic E-state index is 13.3. The molecule has 8 heteroatoms. The van der Waals surface area contributed by atoms with Crippen LogP contribution in [0.5, 0.6) is 5.75 Å². The topological polar surface area (TPSA) is 70.6 Å². The number of fused-ring (bicyclic) bond motifs is 4. The summed E-state index contributed by atoms with van der Waals surface area (Å²) in [4.78, 5) is 13.3. The van der Waals surface area contributed by atoms with Crippen molar-refractivity contribution < 1.29 is 9.53 Å². The number of benzene rings is 2. The molecular formula is C30H39N5O2S. The Balaban J connectivity index is 1.60. The third-order valence-electron chi connectivity index (χ3n) is 8.42. The molecule has 2 atom stereocenters. The van der Waals surface area contributed by atoms with Gasteiger partial charge in [0.1, 0.15) is 5.75 Å². The van der Waals surface area contributed by atoms with Crippen molar-refractivity contribution >= 4 is 34.6 Å². The number of hydrogen-bond donors (Lipinski definition) is 3. The van der Waals surface area contributed by atoms with Gasteiger partial charge < -0.3 is 14.6 Å². The summed E-state index contributed by atoms with van der Waals surface area (Å²) < 4.78 is 10.7. The summed E-state index contributed by atoms with van der Waals surface area (Å²) in [6.07, 6.45) is 8.21. The minimum atomic E-state index is -0.519. The summed E-state index contributed by atoms with van der Waals surface area (Å²) in [5.41, 5.74) is 8.76. The fourth-order valence-corrected chi connectivity index (χ4v) is 7.17. The molecule has 7 nitrogen and oxygen atoms in total. The molecule has 6 rings (SSSR count). The van der Waals surface area contributed by atoms with Crippen LogP contribution in [0.15, 0.2) is 42.5 Å². The number of amides is 2. The van der Waals surface area contributed by atoms with Crippen LogP contribution in [-0.2, 0) is 6.54 Å². The van der Waals surface area contributed by atoms with Crippen molar-refractivity contribution in [2.45, 2.75) is 77.0 Å². The van der Waals surface area contributed by atoms with E-state index in [1.54, 1.807) is 4.41 Å². The van der Waals surface area contributed by atoms with Crippen molar-refractivity contribution in [2.75, 3.05) is 18.2 Å². The first-order valence-corrected chi connectivity index (χ1v) is 15.1. The number of nitrogens with one attached hydrogen (secondary N) is 3. The van der Waals surface area contributed by atoms with Gasteiger partial charge in [-0.1, -0.05) is 37.5 Å². The highest BCUT2D eigenvalue weighted by molar-refractivity contribution is 7.96. The second-order valence-corrected chi connectivity index (χ2v) is 12.3. The van der Waals surface area contributed by atoms with E-state index in [1.165, 1.54) is 71.8 Å². The molecular weight excluding hydrogens is 494 g/mol. The van der Waals surface area contributed by atoms with Gasteiger partial charge in [-0.3, -0.25) is 5.32 Å². The number of para-hydroxylation sites is 1. The monoisotopic (exact) mass is 533 g/mol. The Morgan fingerprint density at radius 1 is 1.08 bits per heavy atom. The Morgan fingerprint density at radius 2 is 1.87 bits per heavy atom. The predicted octanol–water partition coefficient (Wildman–Crippen LogP) is 6.71. The standard InChI is InChI=1S/C30H39N5O2S/c1-19-21-17-34-25-16-22(31-29(36)35(38-4)33-30(2,3)32-19)14-15-23(25)27(20-10-6-5-7-11-20)28(34)24-12-8-9-13-26(24)37-18-21/h8-9,12-16,19-21,32-33H,5-7,10-11,17-18H2,1-4H3,(H,31,36)/t19?,21-/m0/s1. The zero-order chi connectivity index (χ0) is 26.4. The Hall–Kier alpha value is -2.68. The van der Waals surface area contributed by atoms with Gasteiger partial charge in [0.15, 0.2) is 0 Å². The second kappa shape index (κ2) is 10.1. The highest BCUT2D eigenvalue weighted by atomic mass is 32.2. The predicted molar refractivity (Wildman–Crippen MR) is 156 cm³/mol. The van der Waals surface area contributed by atoms with E-state index in [4.69, 9.17) is 4.74 Å². The number of urea groups is 1. The van der Waals surface area contributed by atoms with E-state index in [1.807, 2.05) is 6.26 Å². The quantitative estimate of drug-likeness (QED) is 0.320. The van der Waals surface area contributed by atoms with Crippen LogP contribution < -0.4 is 20.8 Å². The number of nitrogens with zero attached hydrogens (tertiary/aromatic N) is 2. The molecule has 1 aromatic heterocycles. The molecule has 1 saturated carbocycles. The molecule has 3 aromatic rings. The number of carbonyl (C=O) groups excluding carboxylic acids is 1. The van der Waals surface area contributed by atoms with E-state index in [0.29, 0.717) is 12.5 Å². The number of ether oxygens (including phenoxy) is 1. The Bertz CT molecular complexity index is 1350. The van der Waals surface area contributed by atoms with Crippen molar-refractivity contribution in [1.29, 1.82) is 0 Å². The number of rotatable bonds is 2. The molecule has 3 heterocycles. The van der Waals surface area contributed by atoms with Crippen LogP contribution in [0.3, 0.4) is 0 Å². The molecule has 202 valence electrons. The third kappa shape index (κ3) is 4.67. The highest BCUT2D eigenvalue weighted by Crippen LogP contribution is 2.47. The average Bonchev–Trinajstić information content (AvgIpc) is 3.20. The van der Waals surface area contributed by atoms with E-state index in [9.17, 15) is 4.79 Å². The van der Waals surface area contributed by atoms with Crippen molar-refractivity contribution in [3.05, 3.63) is 48.0 Å². The maximum atomic E-state index is 13.3. The fraction of sp³-hybridized carbons (Fsp3) is 0.500. The normalized spacial score (nSPS) is 24.0. The van der Waals surface area contributed by atoms with E-state index in [0.717, 1.165) is 18.0 Å². The zero-order valence-corrected chi connectivity index (χ0v) is 23.7. The molecule has 3 aliphatic rings. The summed E-state index contributed by atoms with van der Waals surface area (Å²) in [7, 11) is 0. The second-order valence-electron chi connectivity index (χ2n) is 11.6. The van der Waals surface area contributed by atoms with Gasteiger partial charge in [-0.15, -0.1) is 0 Å². The Kier molecular flexibility index (Phi) is 6.82. The summed E-state index contributed by atoms with van der Waals surface area (Å²) in [5, 5.41) is 8.19. The molecule has 0 spiro atoms. The van der Waals surface area contributed by atoms with Gasteiger partial charge in [-0.05, 0) is 81.3 Å². The van der Waals surface area contributed by atoms with Crippen LogP contribution in [-0.4, -0.2) is 39.6 Å². The minimum Gasteiger partial charge on any atom is -0.492 e. The van der Waals surface area contributed by atoms with Gasteiger partial charge >= 0.3 is 6.03 Å². The summed E-state index contributed by atoms with van der Waals surface area (Å²) in [5.74, 6) is 1.70. The molecule has 2 aromatic carbocycles. The van der Waals surface area contributed by atoms with Gasteiger partial charge in [-0.2, -0.15) is 4.41 Å². The van der Waals surface area contributed by atoms with Crippen LogP contribution in [0.4, 0.5) is 10.5 Å². The van der Waals surface area contributed by atoms with E-state index in [2.05, 4.69) is 83.9 Å². The average molecular weight is 534 g/mol. The van der Waals surface area contributed by atoms with E-state index < -0.39 is 5.66 Å². The minimum absolute atomic E-state index is 0.127. The van der Waals surface area contributed by atoms with Crippen molar-refractivity contribution in [3.8, 4) is 17.0 Å². The fourth-order valence-electron chi connectivity index (χ4n) is 6.64. The summed E-state index contributed by atoms with van der Waals surface area (Å²) in [6.45, 7) is 7.81. The van der Waals surface area contributed by atoms with Crippen LogP contribution in [0.2, 0.25) is 0 Å². The van der Waals surface area contributed by atoms with Gasteiger partial charge in [-0.25, -0.2) is 10.2 Å². The zero-order valence-electron chi connectivity index (χ0n) is 22.8. The first-order valence-electron chi connectivity index (χ1n) is 13.9. The van der Waals surface area contributed by atoms with Crippen LogP contribution in [0, 0.1) is 5.92 Å². The van der Waals surface area contributed by atoms with Gasteiger partial charge in [0, 0.05) is 41.4 Å². The summed E-state index contributed by atoms with van der Waals surface area (Å²) >= 11 is 1.35. The first kappa shape index (κ1) is 25.6. The molecule has 1 fully saturated rings. The molecule has 4 bridgehead atoms. The molecule has 1 aliphatic carbocycles. The van der Waals surface area contributed by atoms with Crippen molar-refractivity contribution in [3.63, 3.8) is 0 Å². The molecule has 2 aliphatic heterocycles. The van der Waals surface area contributed by atoms with E-state index >= 15 is 0 Å². The van der Waals surface area contributed by atoms with Crippen LogP contribution >= 0.6 is 11.9 Å². The number of hydrogen-bond acceptors (Lipinski definition) is 5.